The lowest BCUT2D eigenvalue weighted by Gasteiger charge is -2.10. The summed E-state index contributed by atoms with van der Waals surface area (Å²) in [5.41, 5.74) is 7.83. The zero-order valence-corrected chi connectivity index (χ0v) is 13.4. The lowest BCUT2D eigenvalue weighted by Crippen LogP contribution is -2.24. The minimum atomic E-state index is -0.775. The van der Waals surface area contributed by atoms with Crippen LogP contribution in [-0.4, -0.2) is 25.3 Å². The number of hydrazone groups is 1. The molecule has 0 spiro atoms. The SMILES string of the molecule is COc1cc(/C=N\NC(N)=O)ccc1OC(=O)c1ccccc1Cl. The van der Waals surface area contributed by atoms with Gasteiger partial charge in [0.05, 0.1) is 23.9 Å². The van der Waals surface area contributed by atoms with Crippen LogP contribution in [0.2, 0.25) is 5.02 Å². The van der Waals surface area contributed by atoms with Crippen molar-refractivity contribution in [3.63, 3.8) is 0 Å². The number of halogens is 1. The molecule has 2 aromatic carbocycles. The molecule has 0 aromatic heterocycles. The van der Waals surface area contributed by atoms with Crippen molar-refractivity contribution in [3.05, 3.63) is 58.6 Å². The molecule has 0 fully saturated rings. The van der Waals surface area contributed by atoms with Crippen LogP contribution in [0.3, 0.4) is 0 Å². The second-order valence-corrected chi connectivity index (χ2v) is 4.92. The van der Waals surface area contributed by atoms with E-state index in [4.69, 9.17) is 26.8 Å². The van der Waals surface area contributed by atoms with Crippen LogP contribution in [0.25, 0.3) is 0 Å². The molecule has 2 rings (SSSR count). The second kappa shape index (κ2) is 7.98. The van der Waals surface area contributed by atoms with Crippen LogP contribution in [0.1, 0.15) is 15.9 Å². The highest BCUT2D eigenvalue weighted by Gasteiger charge is 2.15. The summed E-state index contributed by atoms with van der Waals surface area (Å²) in [6, 6.07) is 10.5. The molecule has 0 heterocycles. The Hall–Kier alpha value is -3.06. The average Bonchev–Trinajstić information content (AvgIpc) is 2.56. The van der Waals surface area contributed by atoms with E-state index in [0.29, 0.717) is 16.3 Å². The summed E-state index contributed by atoms with van der Waals surface area (Å²) in [4.78, 5) is 22.7. The van der Waals surface area contributed by atoms with Crippen LogP contribution in [0.4, 0.5) is 4.79 Å². The Kier molecular flexibility index (Phi) is 5.75. The molecule has 0 saturated carbocycles. The summed E-state index contributed by atoms with van der Waals surface area (Å²) in [7, 11) is 1.44. The van der Waals surface area contributed by atoms with Crippen LogP contribution >= 0.6 is 11.6 Å². The highest BCUT2D eigenvalue weighted by molar-refractivity contribution is 6.33. The number of ether oxygens (including phenoxy) is 2. The molecule has 3 N–H and O–H groups in total. The van der Waals surface area contributed by atoms with E-state index < -0.39 is 12.0 Å². The zero-order chi connectivity index (χ0) is 17.5. The minimum Gasteiger partial charge on any atom is -0.493 e. The van der Waals surface area contributed by atoms with Crippen LogP contribution < -0.4 is 20.6 Å². The van der Waals surface area contributed by atoms with E-state index in [9.17, 15) is 9.59 Å². The largest absolute Gasteiger partial charge is 0.493 e. The van der Waals surface area contributed by atoms with E-state index >= 15 is 0 Å². The normalized spacial score (nSPS) is 10.4. The van der Waals surface area contributed by atoms with Crippen molar-refractivity contribution in [2.75, 3.05) is 7.11 Å². The Bertz CT molecular complexity index is 793. The van der Waals surface area contributed by atoms with E-state index in [0.717, 1.165) is 0 Å². The van der Waals surface area contributed by atoms with Gasteiger partial charge in [-0.05, 0) is 35.9 Å². The smallest absolute Gasteiger partial charge is 0.345 e. The first kappa shape index (κ1) is 17.3. The first-order valence-electron chi connectivity index (χ1n) is 6.74. The zero-order valence-electron chi connectivity index (χ0n) is 12.7. The summed E-state index contributed by atoms with van der Waals surface area (Å²) in [5, 5.41) is 3.93. The lowest BCUT2D eigenvalue weighted by atomic mass is 10.2. The number of nitrogens with two attached hydrogens (primary N) is 1. The number of carbonyl (C=O) groups excluding carboxylic acids is 2. The number of urea groups is 1. The average molecular weight is 348 g/mol. The van der Waals surface area contributed by atoms with Crippen LogP contribution in [0.5, 0.6) is 11.5 Å². The van der Waals surface area contributed by atoms with Crippen molar-refractivity contribution < 1.29 is 19.1 Å². The number of amides is 2. The van der Waals surface area contributed by atoms with Gasteiger partial charge in [0.25, 0.3) is 0 Å². The number of primary amides is 1. The second-order valence-electron chi connectivity index (χ2n) is 4.51. The van der Waals surface area contributed by atoms with Crippen molar-refractivity contribution in [1.29, 1.82) is 0 Å². The Morgan fingerprint density at radius 2 is 1.96 bits per heavy atom. The van der Waals surface area contributed by atoms with Crippen molar-refractivity contribution in [2.45, 2.75) is 0 Å². The van der Waals surface area contributed by atoms with Crippen molar-refractivity contribution in [2.24, 2.45) is 10.8 Å². The summed E-state index contributed by atoms with van der Waals surface area (Å²) < 4.78 is 10.5. The predicted molar refractivity (Wildman–Crippen MR) is 89.7 cm³/mol. The fourth-order valence-electron chi connectivity index (χ4n) is 1.80. The first-order valence-corrected chi connectivity index (χ1v) is 7.12. The maximum atomic E-state index is 12.2. The quantitative estimate of drug-likeness (QED) is 0.375. The summed E-state index contributed by atoms with van der Waals surface area (Å²) in [5.74, 6) is -0.0587. The molecule has 8 heteroatoms. The molecule has 0 bridgehead atoms. The number of rotatable bonds is 5. The van der Waals surface area contributed by atoms with Gasteiger partial charge in [0, 0.05) is 0 Å². The molecule has 24 heavy (non-hydrogen) atoms. The van der Waals surface area contributed by atoms with E-state index in [-0.39, 0.29) is 11.3 Å². The molecular formula is C16H14ClN3O4. The third kappa shape index (κ3) is 4.47. The van der Waals surface area contributed by atoms with Crippen molar-refractivity contribution >= 4 is 29.8 Å². The standard InChI is InChI=1S/C16H14ClN3O4/c1-23-14-8-10(9-19-20-16(18)22)6-7-13(14)24-15(21)11-4-2-3-5-12(11)17/h2-9H,1H3,(H3,18,20,22)/b19-9-. The van der Waals surface area contributed by atoms with Gasteiger partial charge in [-0.2, -0.15) is 5.10 Å². The van der Waals surface area contributed by atoms with Crippen molar-refractivity contribution in [1.82, 2.24) is 5.43 Å². The third-order valence-corrected chi connectivity index (χ3v) is 3.20. The summed E-state index contributed by atoms with van der Waals surface area (Å²) in [6.07, 6.45) is 1.37. The van der Waals surface area contributed by atoms with Crippen LogP contribution in [0.15, 0.2) is 47.6 Å². The number of hydrogen-bond donors (Lipinski definition) is 2. The number of methoxy groups -OCH3 is 1. The molecule has 7 nitrogen and oxygen atoms in total. The maximum Gasteiger partial charge on any atom is 0.345 e. The van der Waals surface area contributed by atoms with Gasteiger partial charge < -0.3 is 15.2 Å². The molecule has 0 aliphatic rings. The Labute approximate surface area is 143 Å². The number of nitrogens with one attached hydrogen (secondary N) is 1. The maximum absolute atomic E-state index is 12.2. The summed E-state index contributed by atoms with van der Waals surface area (Å²) in [6.45, 7) is 0. The Morgan fingerprint density at radius 3 is 2.62 bits per heavy atom. The third-order valence-electron chi connectivity index (χ3n) is 2.87. The number of benzene rings is 2. The molecular weight excluding hydrogens is 334 g/mol. The monoisotopic (exact) mass is 347 g/mol. The lowest BCUT2D eigenvalue weighted by molar-refractivity contribution is 0.0730. The van der Waals surface area contributed by atoms with Gasteiger partial charge in [-0.3, -0.25) is 0 Å². The number of carbonyl (C=O) groups is 2. The predicted octanol–water partition coefficient (Wildman–Crippen LogP) is 2.57. The van der Waals surface area contributed by atoms with E-state index in [1.165, 1.54) is 13.3 Å². The summed E-state index contributed by atoms with van der Waals surface area (Å²) >= 11 is 5.97. The van der Waals surface area contributed by atoms with Gasteiger partial charge in [0.15, 0.2) is 11.5 Å². The molecule has 0 aliphatic carbocycles. The van der Waals surface area contributed by atoms with Gasteiger partial charge in [-0.25, -0.2) is 15.0 Å². The van der Waals surface area contributed by atoms with Crippen LogP contribution in [0, 0.1) is 0 Å². The molecule has 2 amide bonds. The van der Waals surface area contributed by atoms with Crippen molar-refractivity contribution in [3.8, 4) is 11.5 Å². The van der Waals surface area contributed by atoms with Gasteiger partial charge in [-0.15, -0.1) is 0 Å². The molecule has 0 unspecified atom stereocenters. The number of hydrogen-bond acceptors (Lipinski definition) is 5. The highest BCUT2D eigenvalue weighted by Crippen LogP contribution is 2.29. The molecule has 0 saturated heterocycles. The number of nitrogens with zero attached hydrogens (tertiary/aromatic N) is 1. The van der Waals surface area contributed by atoms with Gasteiger partial charge in [0.2, 0.25) is 0 Å². The van der Waals surface area contributed by atoms with E-state index in [2.05, 4.69) is 10.5 Å². The highest BCUT2D eigenvalue weighted by atomic mass is 35.5. The minimum absolute atomic E-state index is 0.224. The molecule has 0 radical (unpaired) electrons. The Balaban J connectivity index is 2.19. The van der Waals surface area contributed by atoms with Gasteiger partial charge in [0.1, 0.15) is 0 Å². The topological polar surface area (TPSA) is 103 Å². The molecule has 124 valence electrons. The van der Waals surface area contributed by atoms with Gasteiger partial charge >= 0.3 is 12.0 Å². The Morgan fingerprint density at radius 1 is 1.21 bits per heavy atom. The molecule has 0 atom stereocenters. The van der Waals surface area contributed by atoms with Gasteiger partial charge in [-0.1, -0.05) is 23.7 Å². The fourth-order valence-corrected chi connectivity index (χ4v) is 2.01. The van der Waals surface area contributed by atoms with E-state index in [1.54, 1.807) is 42.5 Å². The first-order chi connectivity index (χ1) is 11.5. The van der Waals surface area contributed by atoms with Crippen LogP contribution in [-0.2, 0) is 0 Å². The van der Waals surface area contributed by atoms with E-state index in [1.807, 2.05) is 0 Å². The fraction of sp³-hybridized carbons (Fsp3) is 0.0625. The molecule has 2 aromatic rings. The number of esters is 1. The molecule has 0 aliphatic heterocycles.